The van der Waals surface area contributed by atoms with Crippen LogP contribution in [0.3, 0.4) is 0 Å². The van der Waals surface area contributed by atoms with Crippen LogP contribution in [-0.4, -0.2) is 34.8 Å². The Hall–Kier alpha value is -2.65. The van der Waals surface area contributed by atoms with Gasteiger partial charge >= 0.3 is 0 Å². The molecular weight excluding hydrogens is 292 g/mol. The van der Waals surface area contributed by atoms with E-state index in [4.69, 9.17) is 10.00 Å². The third kappa shape index (κ3) is 3.10. The second-order valence-corrected chi connectivity index (χ2v) is 5.64. The van der Waals surface area contributed by atoms with Gasteiger partial charge in [-0.05, 0) is 37.1 Å². The molecule has 6 nitrogen and oxygen atoms in total. The summed E-state index contributed by atoms with van der Waals surface area (Å²) in [6.07, 6.45) is 0.132. The summed E-state index contributed by atoms with van der Waals surface area (Å²) in [5.41, 5.74) is 2.10. The average Bonchev–Trinajstić information content (AvgIpc) is 2.96. The van der Waals surface area contributed by atoms with Crippen LogP contribution in [0.2, 0.25) is 0 Å². The molecule has 2 heterocycles. The van der Waals surface area contributed by atoms with Crippen LogP contribution in [0.5, 0.6) is 5.75 Å². The van der Waals surface area contributed by atoms with Crippen molar-refractivity contribution < 1.29 is 9.84 Å². The molecule has 2 atom stereocenters. The molecule has 0 spiro atoms. The minimum atomic E-state index is -0.458. The number of aromatic nitrogens is 2. The van der Waals surface area contributed by atoms with Crippen molar-refractivity contribution in [3.63, 3.8) is 0 Å². The normalized spacial score (nSPS) is 20.3. The molecule has 0 saturated carbocycles. The van der Waals surface area contributed by atoms with Gasteiger partial charge in [0.25, 0.3) is 0 Å². The molecule has 23 heavy (non-hydrogen) atoms. The first-order valence-corrected chi connectivity index (χ1v) is 7.45. The number of methoxy groups -OCH3 is 1. The zero-order chi connectivity index (χ0) is 16.4. The number of nitrogens with zero attached hydrogens (tertiary/aromatic N) is 4. The first kappa shape index (κ1) is 15.3. The molecular formula is C17H18N4O2. The number of anilines is 1. The van der Waals surface area contributed by atoms with Gasteiger partial charge in [0.05, 0.1) is 19.3 Å². The molecule has 1 aliphatic rings. The maximum atomic E-state index is 10.1. The van der Waals surface area contributed by atoms with Gasteiger partial charge in [0, 0.05) is 12.2 Å². The van der Waals surface area contributed by atoms with Crippen molar-refractivity contribution in [1.29, 1.82) is 5.26 Å². The minimum Gasteiger partial charge on any atom is -0.497 e. The van der Waals surface area contributed by atoms with E-state index >= 15 is 0 Å². The molecule has 0 unspecified atom stereocenters. The second-order valence-electron chi connectivity index (χ2n) is 5.64. The SMILES string of the molecule is COc1cccc([C@@H]2C[C@@H](O)CN2c2nc(C)cc(C#N)n2)c1. The molecule has 0 aliphatic carbocycles. The quantitative estimate of drug-likeness (QED) is 0.933. The van der Waals surface area contributed by atoms with Gasteiger partial charge in [-0.25, -0.2) is 9.97 Å². The van der Waals surface area contributed by atoms with Crippen LogP contribution in [0.4, 0.5) is 5.95 Å². The number of rotatable bonds is 3. The van der Waals surface area contributed by atoms with Crippen LogP contribution >= 0.6 is 0 Å². The molecule has 1 aromatic carbocycles. The average molecular weight is 310 g/mol. The van der Waals surface area contributed by atoms with Gasteiger partial charge < -0.3 is 14.7 Å². The Labute approximate surface area is 135 Å². The van der Waals surface area contributed by atoms with E-state index in [1.807, 2.05) is 36.1 Å². The van der Waals surface area contributed by atoms with Gasteiger partial charge in [0.15, 0.2) is 0 Å². The lowest BCUT2D eigenvalue weighted by Gasteiger charge is -2.25. The third-order valence-electron chi connectivity index (χ3n) is 3.97. The highest BCUT2D eigenvalue weighted by Gasteiger charge is 2.34. The number of aliphatic hydroxyl groups excluding tert-OH is 1. The molecule has 2 aromatic rings. The van der Waals surface area contributed by atoms with Crippen LogP contribution in [0.25, 0.3) is 0 Å². The number of aryl methyl sites for hydroxylation is 1. The minimum absolute atomic E-state index is 0.0477. The maximum Gasteiger partial charge on any atom is 0.227 e. The number of ether oxygens (including phenoxy) is 1. The van der Waals surface area contributed by atoms with Crippen LogP contribution in [0, 0.1) is 18.3 Å². The molecule has 1 N–H and O–H groups in total. The molecule has 3 rings (SSSR count). The smallest absolute Gasteiger partial charge is 0.227 e. The zero-order valence-corrected chi connectivity index (χ0v) is 13.1. The molecule has 1 aliphatic heterocycles. The Bertz CT molecular complexity index is 756. The third-order valence-corrected chi connectivity index (χ3v) is 3.97. The predicted molar refractivity (Wildman–Crippen MR) is 85.2 cm³/mol. The molecule has 1 saturated heterocycles. The molecule has 0 radical (unpaired) electrons. The molecule has 0 bridgehead atoms. The summed E-state index contributed by atoms with van der Waals surface area (Å²) in [6, 6.07) is 11.4. The fraction of sp³-hybridized carbons (Fsp3) is 0.353. The van der Waals surface area contributed by atoms with Gasteiger partial charge in [0.2, 0.25) is 5.95 Å². The fourth-order valence-corrected chi connectivity index (χ4v) is 2.94. The van der Waals surface area contributed by atoms with Crippen molar-refractivity contribution in [1.82, 2.24) is 9.97 Å². The monoisotopic (exact) mass is 310 g/mol. The fourth-order valence-electron chi connectivity index (χ4n) is 2.94. The lowest BCUT2D eigenvalue weighted by Crippen LogP contribution is -2.26. The predicted octanol–water partition coefficient (Wildman–Crippen LogP) is 1.98. The van der Waals surface area contributed by atoms with Crippen molar-refractivity contribution in [3.8, 4) is 11.8 Å². The first-order valence-electron chi connectivity index (χ1n) is 7.45. The summed E-state index contributed by atoms with van der Waals surface area (Å²) in [7, 11) is 1.63. The highest BCUT2D eigenvalue weighted by atomic mass is 16.5. The number of nitriles is 1. The Morgan fingerprint density at radius 2 is 2.17 bits per heavy atom. The lowest BCUT2D eigenvalue weighted by atomic mass is 10.0. The Kier molecular flexibility index (Phi) is 4.13. The number of hydrogen-bond donors (Lipinski definition) is 1. The second kappa shape index (κ2) is 6.23. The van der Waals surface area contributed by atoms with E-state index in [2.05, 4.69) is 16.0 Å². The van der Waals surface area contributed by atoms with Crippen LogP contribution in [0.15, 0.2) is 30.3 Å². The summed E-state index contributed by atoms with van der Waals surface area (Å²) in [5.74, 6) is 1.25. The van der Waals surface area contributed by atoms with E-state index < -0.39 is 6.10 Å². The number of hydrogen-bond acceptors (Lipinski definition) is 6. The lowest BCUT2D eigenvalue weighted by molar-refractivity contribution is 0.194. The van der Waals surface area contributed by atoms with Crippen molar-refractivity contribution in [2.75, 3.05) is 18.6 Å². The van der Waals surface area contributed by atoms with Gasteiger partial charge in [-0.1, -0.05) is 12.1 Å². The van der Waals surface area contributed by atoms with Crippen molar-refractivity contribution in [2.45, 2.75) is 25.5 Å². The summed E-state index contributed by atoms with van der Waals surface area (Å²) in [5, 5.41) is 19.2. The topological polar surface area (TPSA) is 82.3 Å². The Morgan fingerprint density at radius 1 is 1.35 bits per heavy atom. The van der Waals surface area contributed by atoms with E-state index in [-0.39, 0.29) is 6.04 Å². The summed E-state index contributed by atoms with van der Waals surface area (Å²) in [4.78, 5) is 10.7. The molecule has 1 aromatic heterocycles. The van der Waals surface area contributed by atoms with Crippen LogP contribution < -0.4 is 9.64 Å². The van der Waals surface area contributed by atoms with Crippen LogP contribution in [0.1, 0.15) is 29.4 Å². The summed E-state index contributed by atoms with van der Waals surface area (Å²) in [6.45, 7) is 2.27. The van der Waals surface area contributed by atoms with Crippen LogP contribution in [-0.2, 0) is 0 Å². The van der Waals surface area contributed by atoms with E-state index in [0.717, 1.165) is 17.0 Å². The van der Waals surface area contributed by atoms with Crippen molar-refractivity contribution in [2.24, 2.45) is 0 Å². The van der Waals surface area contributed by atoms with Crippen molar-refractivity contribution >= 4 is 5.95 Å². The van der Waals surface area contributed by atoms with Gasteiger partial charge in [0.1, 0.15) is 17.5 Å². The van der Waals surface area contributed by atoms with E-state index in [1.54, 1.807) is 13.2 Å². The van der Waals surface area contributed by atoms with E-state index in [0.29, 0.717) is 24.6 Å². The van der Waals surface area contributed by atoms with E-state index in [9.17, 15) is 5.11 Å². The van der Waals surface area contributed by atoms with Gasteiger partial charge in [-0.15, -0.1) is 0 Å². The summed E-state index contributed by atoms with van der Waals surface area (Å²) < 4.78 is 5.28. The molecule has 6 heteroatoms. The molecule has 118 valence electrons. The first-order chi connectivity index (χ1) is 11.1. The molecule has 1 fully saturated rings. The highest BCUT2D eigenvalue weighted by Crippen LogP contribution is 2.36. The largest absolute Gasteiger partial charge is 0.497 e. The number of benzene rings is 1. The number of β-amino-alcohol motifs (C(OH)–C–C–N with tert-alkyl or cyclic N) is 1. The van der Waals surface area contributed by atoms with Gasteiger partial charge in [-0.3, -0.25) is 0 Å². The molecule has 0 amide bonds. The zero-order valence-electron chi connectivity index (χ0n) is 13.1. The maximum absolute atomic E-state index is 10.1. The van der Waals surface area contributed by atoms with E-state index in [1.165, 1.54) is 0 Å². The Morgan fingerprint density at radius 3 is 2.91 bits per heavy atom. The number of aliphatic hydroxyl groups is 1. The van der Waals surface area contributed by atoms with Crippen molar-refractivity contribution in [3.05, 3.63) is 47.3 Å². The standard InChI is InChI=1S/C17H18N4O2/c1-11-6-13(9-18)20-17(19-11)21-10-14(22)8-16(21)12-4-3-5-15(7-12)23-2/h3-7,14,16,22H,8,10H2,1-2H3/t14-,16+/m1/s1. The Balaban J connectivity index is 2.00. The summed E-state index contributed by atoms with van der Waals surface area (Å²) >= 11 is 0. The van der Waals surface area contributed by atoms with Gasteiger partial charge in [-0.2, -0.15) is 5.26 Å². The highest BCUT2D eigenvalue weighted by molar-refractivity contribution is 5.43.